The highest BCUT2D eigenvalue weighted by molar-refractivity contribution is 7.92. The summed E-state index contributed by atoms with van der Waals surface area (Å²) in [4.78, 5) is 22.7. The summed E-state index contributed by atoms with van der Waals surface area (Å²) in [6.07, 6.45) is 5.20. The van der Waals surface area contributed by atoms with Crippen molar-refractivity contribution in [2.75, 3.05) is 41.9 Å². The zero-order valence-corrected chi connectivity index (χ0v) is 21.7. The molecule has 1 saturated heterocycles. The summed E-state index contributed by atoms with van der Waals surface area (Å²) >= 11 is 12.0. The maximum absolute atomic E-state index is 13.4. The number of carbonyl (C=O) groups is 1. The van der Waals surface area contributed by atoms with E-state index in [2.05, 4.69) is 15.2 Å². The number of fused-ring (bicyclic) bond motifs is 1. The second kappa shape index (κ2) is 10.2. The first-order chi connectivity index (χ1) is 17.7. The largest absolute Gasteiger partial charge is 0.480 e. The number of carboxylic acids is 1. The first kappa shape index (κ1) is 25.3. The molecule has 0 bridgehead atoms. The molecule has 1 aliphatic rings. The highest BCUT2D eigenvalue weighted by Crippen LogP contribution is 2.31. The van der Waals surface area contributed by atoms with Crippen LogP contribution in [0.25, 0.3) is 16.7 Å². The van der Waals surface area contributed by atoms with Crippen LogP contribution in [-0.2, 0) is 14.8 Å². The molecule has 2 N–H and O–H groups in total. The van der Waals surface area contributed by atoms with Gasteiger partial charge in [-0.1, -0.05) is 23.2 Å². The van der Waals surface area contributed by atoms with Gasteiger partial charge in [-0.2, -0.15) is 0 Å². The Morgan fingerprint density at radius 2 is 1.73 bits per heavy atom. The number of aliphatic carboxylic acids is 1. The summed E-state index contributed by atoms with van der Waals surface area (Å²) in [5, 5.41) is 13.7. The Morgan fingerprint density at radius 3 is 2.43 bits per heavy atom. The van der Waals surface area contributed by atoms with Crippen LogP contribution >= 0.6 is 23.2 Å². The fourth-order valence-electron chi connectivity index (χ4n) is 4.24. The van der Waals surface area contributed by atoms with Gasteiger partial charge >= 0.3 is 5.97 Å². The molecule has 37 heavy (non-hydrogen) atoms. The molecule has 5 rings (SSSR count). The number of nitrogens with one attached hydrogen (secondary N) is 1. The smallest absolute Gasteiger partial charge is 0.324 e. The van der Waals surface area contributed by atoms with Crippen LogP contribution < -0.4 is 14.5 Å². The third-order valence-electron chi connectivity index (χ3n) is 5.96. The monoisotopic (exact) mass is 560 g/mol. The molecule has 3 heterocycles. The zero-order valence-electron chi connectivity index (χ0n) is 19.4. The Balaban J connectivity index is 1.53. The number of sulfonamides is 1. The minimum Gasteiger partial charge on any atom is -0.480 e. The molecule has 0 spiro atoms. The van der Waals surface area contributed by atoms with Gasteiger partial charge in [0.1, 0.15) is 12.4 Å². The standard InChI is InChI=1S/C24H22Cl2N6O4S/c25-17-10-18(26)12-20(11-17)37(35,36)32(15-24(33)34)19-1-2-21-16(9-19)3-6-31(21)23-14-28-13-22(29-23)30-7-4-27-5-8-30/h1-3,6,9-14,27H,4-5,7-8,15H2,(H,33,34). The summed E-state index contributed by atoms with van der Waals surface area (Å²) < 4.78 is 29.5. The molecule has 1 fully saturated rings. The number of piperazine rings is 1. The van der Waals surface area contributed by atoms with Gasteiger partial charge in [-0.15, -0.1) is 0 Å². The Morgan fingerprint density at radius 1 is 1.03 bits per heavy atom. The summed E-state index contributed by atoms with van der Waals surface area (Å²) in [6.45, 7) is 2.63. The van der Waals surface area contributed by atoms with Gasteiger partial charge < -0.3 is 15.3 Å². The normalized spacial score (nSPS) is 14.2. The third kappa shape index (κ3) is 5.21. The lowest BCUT2D eigenvalue weighted by Crippen LogP contribution is -2.44. The predicted octanol–water partition coefficient (Wildman–Crippen LogP) is 3.42. The fraction of sp³-hybridized carbons (Fsp3) is 0.208. The molecule has 10 nitrogen and oxygen atoms in total. The number of benzene rings is 2. The molecule has 0 atom stereocenters. The lowest BCUT2D eigenvalue weighted by Gasteiger charge is -2.28. The van der Waals surface area contributed by atoms with Gasteiger partial charge in [0.25, 0.3) is 10.0 Å². The van der Waals surface area contributed by atoms with Crippen LogP contribution in [0.5, 0.6) is 0 Å². The van der Waals surface area contributed by atoms with Crippen LogP contribution in [0.3, 0.4) is 0 Å². The summed E-state index contributed by atoms with van der Waals surface area (Å²) in [5.41, 5.74) is 0.943. The predicted molar refractivity (Wildman–Crippen MR) is 143 cm³/mol. The molecule has 2 aromatic heterocycles. The minimum atomic E-state index is -4.28. The van der Waals surface area contributed by atoms with Gasteiger partial charge in [-0.25, -0.2) is 13.4 Å². The molecule has 13 heteroatoms. The molecule has 0 aliphatic carbocycles. The molecule has 0 unspecified atom stereocenters. The molecule has 192 valence electrons. The Bertz CT molecular complexity index is 1570. The molecule has 0 amide bonds. The highest BCUT2D eigenvalue weighted by Gasteiger charge is 2.28. The van der Waals surface area contributed by atoms with Crippen LogP contribution in [0.2, 0.25) is 10.0 Å². The second-order valence-corrected chi connectivity index (χ2v) is 11.1. The van der Waals surface area contributed by atoms with Crippen LogP contribution in [0.15, 0.2) is 66.0 Å². The van der Waals surface area contributed by atoms with Crippen molar-refractivity contribution in [1.82, 2.24) is 19.9 Å². The highest BCUT2D eigenvalue weighted by atomic mass is 35.5. The third-order valence-corrected chi connectivity index (χ3v) is 8.15. The number of nitrogens with zero attached hydrogens (tertiary/aromatic N) is 5. The van der Waals surface area contributed by atoms with Gasteiger partial charge in [0.05, 0.1) is 28.5 Å². The lowest BCUT2D eigenvalue weighted by molar-refractivity contribution is -0.135. The first-order valence-corrected chi connectivity index (χ1v) is 13.5. The number of hydrogen-bond donors (Lipinski definition) is 2. The molecule has 0 radical (unpaired) electrons. The quantitative estimate of drug-likeness (QED) is 0.352. The summed E-state index contributed by atoms with van der Waals surface area (Å²) in [5.74, 6) is 0.0770. The maximum Gasteiger partial charge on any atom is 0.324 e. The van der Waals surface area contributed by atoms with Crippen molar-refractivity contribution < 1.29 is 18.3 Å². The first-order valence-electron chi connectivity index (χ1n) is 11.3. The average Bonchev–Trinajstić information content (AvgIpc) is 3.30. The van der Waals surface area contributed by atoms with E-state index >= 15 is 0 Å². The second-order valence-electron chi connectivity index (χ2n) is 8.41. The van der Waals surface area contributed by atoms with E-state index in [0.717, 1.165) is 41.8 Å². The van der Waals surface area contributed by atoms with Gasteiger partial charge in [0.15, 0.2) is 5.82 Å². The number of anilines is 2. The summed E-state index contributed by atoms with van der Waals surface area (Å²) in [6, 6.07) is 10.6. The zero-order chi connectivity index (χ0) is 26.2. The van der Waals surface area contributed by atoms with E-state index < -0.39 is 22.5 Å². The topological polar surface area (TPSA) is 121 Å². The summed E-state index contributed by atoms with van der Waals surface area (Å²) in [7, 11) is -4.28. The van der Waals surface area contributed by atoms with Gasteiger partial charge in [-0.3, -0.25) is 18.7 Å². The van der Waals surface area contributed by atoms with Crippen molar-refractivity contribution in [2.24, 2.45) is 0 Å². The number of hydrogen-bond acceptors (Lipinski definition) is 7. The molecular formula is C24H22Cl2N6O4S. The van der Waals surface area contributed by atoms with E-state index in [4.69, 9.17) is 28.2 Å². The van der Waals surface area contributed by atoms with E-state index in [-0.39, 0.29) is 20.6 Å². The van der Waals surface area contributed by atoms with E-state index in [1.165, 1.54) is 18.2 Å². The van der Waals surface area contributed by atoms with Gasteiger partial charge in [-0.05, 0) is 42.5 Å². The van der Waals surface area contributed by atoms with Crippen molar-refractivity contribution in [3.05, 3.63) is 71.1 Å². The maximum atomic E-state index is 13.4. The average molecular weight is 561 g/mol. The molecule has 2 aromatic carbocycles. The van der Waals surface area contributed by atoms with E-state index in [9.17, 15) is 18.3 Å². The lowest BCUT2D eigenvalue weighted by atomic mass is 10.2. The van der Waals surface area contributed by atoms with Crippen LogP contribution in [0, 0.1) is 0 Å². The number of halogens is 2. The van der Waals surface area contributed by atoms with E-state index in [0.29, 0.717) is 11.2 Å². The Kier molecular flexibility index (Phi) is 6.95. The van der Waals surface area contributed by atoms with E-state index in [1.54, 1.807) is 36.7 Å². The Hall–Kier alpha value is -3.38. The van der Waals surface area contributed by atoms with E-state index in [1.807, 2.05) is 10.8 Å². The molecule has 0 saturated carbocycles. The molecule has 1 aliphatic heterocycles. The number of carboxylic acid groups (broad SMARTS) is 1. The van der Waals surface area contributed by atoms with Crippen LogP contribution in [0.4, 0.5) is 11.5 Å². The fourth-order valence-corrected chi connectivity index (χ4v) is 6.37. The number of rotatable bonds is 7. The SMILES string of the molecule is O=C(O)CN(c1ccc2c(ccn2-c2cncc(N3CCNCC3)n2)c1)S(=O)(=O)c1cc(Cl)cc(Cl)c1. The van der Waals surface area contributed by atoms with Crippen molar-refractivity contribution in [3.63, 3.8) is 0 Å². The van der Waals surface area contributed by atoms with Crippen LogP contribution in [0.1, 0.15) is 0 Å². The van der Waals surface area contributed by atoms with Crippen molar-refractivity contribution >= 4 is 61.6 Å². The van der Waals surface area contributed by atoms with Crippen molar-refractivity contribution in [3.8, 4) is 5.82 Å². The van der Waals surface area contributed by atoms with Crippen molar-refractivity contribution in [1.29, 1.82) is 0 Å². The molecular weight excluding hydrogens is 539 g/mol. The molecule has 4 aromatic rings. The van der Waals surface area contributed by atoms with Crippen LogP contribution in [-0.4, -0.2) is 66.8 Å². The van der Waals surface area contributed by atoms with Gasteiger partial charge in [0.2, 0.25) is 0 Å². The van der Waals surface area contributed by atoms with Crippen molar-refractivity contribution in [2.45, 2.75) is 4.90 Å². The minimum absolute atomic E-state index is 0.123. The number of aromatic nitrogens is 3. The van der Waals surface area contributed by atoms with Gasteiger partial charge in [0, 0.05) is 47.8 Å². The Labute approximate surface area is 223 Å².